The lowest BCUT2D eigenvalue weighted by Crippen LogP contribution is -2.52. The van der Waals surface area contributed by atoms with Crippen LogP contribution in [0.3, 0.4) is 0 Å². The molecule has 0 spiro atoms. The Labute approximate surface area is 176 Å². The lowest BCUT2D eigenvalue weighted by atomic mass is 10.1. The molecule has 1 atom stereocenters. The maximum absolute atomic E-state index is 12.7. The zero-order chi connectivity index (χ0) is 21.6. The summed E-state index contributed by atoms with van der Waals surface area (Å²) in [5.74, 6) is -0.728. The Morgan fingerprint density at radius 1 is 1.03 bits per heavy atom. The summed E-state index contributed by atoms with van der Waals surface area (Å²) in [5.41, 5.74) is 5.60. The fraction of sp³-hybridized carbons (Fsp3) is 0.429. The summed E-state index contributed by atoms with van der Waals surface area (Å²) in [6, 6.07) is 11.5. The maximum Gasteiger partial charge on any atom is 0.245 e. The number of carbonyl (C=O) groups is 2. The number of amides is 2. The molecule has 2 aromatic rings. The minimum Gasteiger partial charge on any atom is -0.343 e. The first-order valence-electron chi connectivity index (χ1n) is 10.2. The van der Waals surface area contributed by atoms with E-state index in [1.165, 1.54) is 6.07 Å². The zero-order valence-corrected chi connectivity index (χ0v) is 17.7. The summed E-state index contributed by atoms with van der Waals surface area (Å²) >= 11 is 0. The van der Waals surface area contributed by atoms with E-state index in [1.807, 2.05) is 24.3 Å². The smallest absolute Gasteiger partial charge is 0.245 e. The molecule has 8 nitrogen and oxygen atoms in total. The Bertz CT molecular complexity index is 1000. The predicted molar refractivity (Wildman–Crippen MR) is 115 cm³/mol. The summed E-state index contributed by atoms with van der Waals surface area (Å²) < 4.78 is 27.5. The summed E-state index contributed by atoms with van der Waals surface area (Å²) in [6.45, 7) is 1.13. The van der Waals surface area contributed by atoms with Crippen LogP contribution in [0, 0.1) is 0 Å². The van der Waals surface area contributed by atoms with Crippen LogP contribution in [0.15, 0.2) is 47.4 Å². The fourth-order valence-corrected chi connectivity index (χ4v) is 4.60. The number of carbonyl (C=O) groups excluding carboxylic acids is 2. The summed E-state index contributed by atoms with van der Waals surface area (Å²) in [5, 5.41) is 4.35. The zero-order valence-electron chi connectivity index (χ0n) is 16.8. The van der Waals surface area contributed by atoms with E-state index in [0.29, 0.717) is 19.5 Å². The second-order valence-corrected chi connectivity index (χ2v) is 9.18. The van der Waals surface area contributed by atoms with Crippen molar-refractivity contribution in [1.82, 2.24) is 14.9 Å². The largest absolute Gasteiger partial charge is 0.343 e. The van der Waals surface area contributed by atoms with Crippen LogP contribution < -0.4 is 15.8 Å². The monoisotopic (exact) mass is 432 g/mol. The molecule has 30 heavy (non-hydrogen) atoms. The first-order chi connectivity index (χ1) is 14.4. The van der Waals surface area contributed by atoms with Crippen LogP contribution in [0.4, 0.5) is 0 Å². The molecule has 0 radical (unpaired) electrons. The second-order valence-electron chi connectivity index (χ2n) is 7.42. The van der Waals surface area contributed by atoms with Gasteiger partial charge in [0.05, 0.1) is 11.4 Å². The van der Waals surface area contributed by atoms with E-state index in [0.717, 1.165) is 30.0 Å². The molecule has 162 valence electrons. The predicted octanol–water partition coefficient (Wildman–Crippen LogP) is 0.964. The average Bonchev–Trinajstić information content (AvgIpc) is 2.77. The van der Waals surface area contributed by atoms with E-state index < -0.39 is 28.5 Å². The van der Waals surface area contributed by atoms with Crippen molar-refractivity contribution >= 4 is 32.6 Å². The van der Waals surface area contributed by atoms with Crippen molar-refractivity contribution in [1.29, 1.82) is 0 Å². The number of nitrogens with zero attached hydrogens (tertiary/aromatic N) is 1. The van der Waals surface area contributed by atoms with Crippen molar-refractivity contribution in [3.8, 4) is 0 Å². The van der Waals surface area contributed by atoms with E-state index >= 15 is 0 Å². The maximum atomic E-state index is 12.7. The van der Waals surface area contributed by atoms with Gasteiger partial charge in [0, 0.05) is 13.1 Å². The average molecular weight is 433 g/mol. The first-order valence-corrected chi connectivity index (χ1v) is 11.7. The normalized spacial score (nSPS) is 15.7. The first kappa shape index (κ1) is 22.2. The van der Waals surface area contributed by atoms with Crippen LogP contribution in [0.1, 0.15) is 25.7 Å². The van der Waals surface area contributed by atoms with Gasteiger partial charge < -0.3 is 16.0 Å². The van der Waals surface area contributed by atoms with Gasteiger partial charge in [-0.05, 0) is 55.1 Å². The van der Waals surface area contributed by atoms with Crippen LogP contribution in [0.5, 0.6) is 0 Å². The molecule has 4 N–H and O–H groups in total. The quantitative estimate of drug-likeness (QED) is 0.574. The summed E-state index contributed by atoms with van der Waals surface area (Å²) in [7, 11) is -3.87. The van der Waals surface area contributed by atoms with Crippen LogP contribution >= 0.6 is 0 Å². The van der Waals surface area contributed by atoms with Gasteiger partial charge in [0.2, 0.25) is 21.8 Å². The number of hydrogen-bond acceptors (Lipinski definition) is 5. The van der Waals surface area contributed by atoms with Gasteiger partial charge in [0.25, 0.3) is 0 Å². The molecule has 3 rings (SSSR count). The highest BCUT2D eigenvalue weighted by Gasteiger charge is 2.27. The third-order valence-electron chi connectivity index (χ3n) is 5.21. The van der Waals surface area contributed by atoms with Crippen LogP contribution in [0.2, 0.25) is 0 Å². The van der Waals surface area contributed by atoms with Crippen molar-refractivity contribution in [2.24, 2.45) is 5.73 Å². The molecule has 2 amide bonds. The van der Waals surface area contributed by atoms with Crippen LogP contribution in [0.25, 0.3) is 10.8 Å². The molecule has 9 heteroatoms. The van der Waals surface area contributed by atoms with E-state index in [9.17, 15) is 18.0 Å². The standard InChI is InChI=1S/C21H28N4O4S/c22-11-10-19(21(27)25-12-4-1-5-13-25)24-20(26)15-23-30(28,29)18-9-8-16-6-2-3-7-17(16)14-18/h2-3,6-9,14,19,23H,1,4-5,10-13,15,22H2,(H,24,26). The Hall–Kier alpha value is -2.49. The van der Waals surface area contributed by atoms with Crippen molar-refractivity contribution in [2.75, 3.05) is 26.2 Å². The third-order valence-corrected chi connectivity index (χ3v) is 6.61. The number of benzene rings is 2. The highest BCUT2D eigenvalue weighted by Crippen LogP contribution is 2.18. The molecular weight excluding hydrogens is 404 g/mol. The van der Waals surface area contributed by atoms with E-state index in [2.05, 4.69) is 10.0 Å². The number of piperidine rings is 1. The van der Waals surface area contributed by atoms with Crippen LogP contribution in [-0.2, 0) is 19.6 Å². The molecule has 1 saturated heterocycles. The molecule has 1 fully saturated rings. The SMILES string of the molecule is NCCC(NC(=O)CNS(=O)(=O)c1ccc2ccccc2c1)C(=O)N1CCCCC1. The van der Waals surface area contributed by atoms with Gasteiger partial charge in [-0.25, -0.2) is 13.1 Å². The van der Waals surface area contributed by atoms with Gasteiger partial charge in [-0.3, -0.25) is 9.59 Å². The van der Waals surface area contributed by atoms with Crippen LogP contribution in [-0.4, -0.2) is 57.4 Å². The highest BCUT2D eigenvalue weighted by molar-refractivity contribution is 7.89. The highest BCUT2D eigenvalue weighted by atomic mass is 32.2. The van der Waals surface area contributed by atoms with Crippen molar-refractivity contribution in [2.45, 2.75) is 36.6 Å². The van der Waals surface area contributed by atoms with Gasteiger partial charge >= 0.3 is 0 Å². The van der Waals surface area contributed by atoms with Gasteiger partial charge in [-0.15, -0.1) is 0 Å². The molecule has 1 aliphatic heterocycles. The lowest BCUT2D eigenvalue weighted by Gasteiger charge is -2.30. The van der Waals surface area contributed by atoms with E-state index in [1.54, 1.807) is 17.0 Å². The minimum atomic E-state index is -3.87. The molecule has 1 unspecified atom stereocenters. The molecule has 1 aliphatic rings. The Balaban J connectivity index is 1.61. The number of fused-ring (bicyclic) bond motifs is 1. The Morgan fingerprint density at radius 3 is 2.43 bits per heavy atom. The van der Waals surface area contributed by atoms with E-state index in [-0.39, 0.29) is 17.3 Å². The van der Waals surface area contributed by atoms with Crippen molar-refractivity contribution in [3.63, 3.8) is 0 Å². The topological polar surface area (TPSA) is 122 Å². The number of hydrogen-bond donors (Lipinski definition) is 3. The number of rotatable bonds is 8. The summed E-state index contributed by atoms with van der Waals surface area (Å²) in [4.78, 5) is 26.9. The number of nitrogens with two attached hydrogens (primary N) is 1. The van der Waals surface area contributed by atoms with Crippen molar-refractivity contribution < 1.29 is 18.0 Å². The van der Waals surface area contributed by atoms with Crippen molar-refractivity contribution in [3.05, 3.63) is 42.5 Å². The van der Waals surface area contributed by atoms with E-state index in [4.69, 9.17) is 5.73 Å². The summed E-state index contributed by atoms with van der Waals surface area (Å²) in [6.07, 6.45) is 3.29. The number of likely N-dealkylation sites (tertiary alicyclic amines) is 1. The van der Waals surface area contributed by atoms with Gasteiger partial charge in [-0.1, -0.05) is 30.3 Å². The molecule has 0 saturated carbocycles. The Morgan fingerprint density at radius 2 is 1.73 bits per heavy atom. The third kappa shape index (κ3) is 5.56. The number of sulfonamides is 1. The molecule has 0 aliphatic carbocycles. The van der Waals surface area contributed by atoms with Gasteiger partial charge in [-0.2, -0.15) is 0 Å². The molecule has 0 bridgehead atoms. The molecule has 0 aromatic heterocycles. The molecular formula is C21H28N4O4S. The Kier molecular flexibility index (Phi) is 7.41. The second kappa shape index (κ2) is 10.0. The fourth-order valence-electron chi connectivity index (χ4n) is 3.58. The number of nitrogens with one attached hydrogen (secondary N) is 2. The molecule has 2 aromatic carbocycles. The van der Waals surface area contributed by atoms with Gasteiger partial charge in [0.15, 0.2) is 0 Å². The lowest BCUT2D eigenvalue weighted by molar-refractivity contribution is -0.137. The minimum absolute atomic E-state index is 0.0805. The van der Waals surface area contributed by atoms with Gasteiger partial charge in [0.1, 0.15) is 6.04 Å². The molecule has 1 heterocycles.